The second-order valence-corrected chi connectivity index (χ2v) is 6.77. The molecule has 0 unspecified atom stereocenters. The van der Waals surface area contributed by atoms with E-state index in [2.05, 4.69) is 20.7 Å². The number of carbonyl (C=O) groups excluding carboxylic acids is 1. The van der Waals surface area contributed by atoms with Crippen LogP contribution in [0.5, 0.6) is 0 Å². The summed E-state index contributed by atoms with van der Waals surface area (Å²) in [5, 5.41) is 14.5. The third kappa shape index (κ3) is 4.14. The molecule has 0 aliphatic rings. The predicted molar refractivity (Wildman–Crippen MR) is 85.1 cm³/mol. The van der Waals surface area contributed by atoms with Crippen LogP contribution < -0.4 is 5.32 Å². The highest BCUT2D eigenvalue weighted by Crippen LogP contribution is 2.28. The molecule has 2 aromatic heterocycles. The Morgan fingerprint density at radius 3 is 3.00 bits per heavy atom. The van der Waals surface area contributed by atoms with Gasteiger partial charge in [-0.25, -0.2) is 4.39 Å². The van der Waals surface area contributed by atoms with Crippen LogP contribution in [-0.4, -0.2) is 21.3 Å². The lowest BCUT2D eigenvalue weighted by Gasteiger charge is -1.98. The van der Waals surface area contributed by atoms with Crippen molar-refractivity contribution in [2.75, 3.05) is 5.32 Å². The average Bonchev–Trinajstić information content (AvgIpc) is 3.14. The molecule has 0 aliphatic carbocycles. The van der Waals surface area contributed by atoms with E-state index in [0.29, 0.717) is 21.0 Å². The van der Waals surface area contributed by atoms with E-state index in [1.165, 1.54) is 41.3 Å². The van der Waals surface area contributed by atoms with Crippen molar-refractivity contribution in [1.82, 2.24) is 15.4 Å². The quantitative estimate of drug-likeness (QED) is 0.560. The summed E-state index contributed by atoms with van der Waals surface area (Å²) in [4.78, 5) is 11.9. The van der Waals surface area contributed by atoms with E-state index in [-0.39, 0.29) is 11.5 Å². The molecule has 0 bridgehead atoms. The highest BCUT2D eigenvalue weighted by atomic mass is 32.2. The van der Waals surface area contributed by atoms with Gasteiger partial charge in [-0.15, -0.1) is 10.2 Å². The van der Waals surface area contributed by atoms with Crippen molar-refractivity contribution in [3.63, 3.8) is 0 Å². The number of hydrogen-bond acceptors (Lipinski definition) is 7. The van der Waals surface area contributed by atoms with Crippen molar-refractivity contribution in [2.45, 2.75) is 17.0 Å². The van der Waals surface area contributed by atoms with Gasteiger partial charge in [0.25, 0.3) is 5.91 Å². The monoisotopic (exact) mass is 350 g/mol. The van der Waals surface area contributed by atoms with Crippen molar-refractivity contribution >= 4 is 34.1 Å². The Kier molecular flexibility index (Phi) is 4.68. The SMILES string of the molecule is Cc1cc(C(=O)Nc2nnc(SCc3cccc(F)c3)s2)no1. The number of hydrogen-bond donors (Lipinski definition) is 1. The smallest absolute Gasteiger partial charge is 0.279 e. The molecule has 1 N–H and O–H groups in total. The lowest BCUT2D eigenvalue weighted by Crippen LogP contribution is -2.11. The number of thioether (sulfide) groups is 1. The molecule has 3 rings (SSSR count). The summed E-state index contributed by atoms with van der Waals surface area (Å²) in [6, 6.07) is 7.92. The van der Waals surface area contributed by atoms with Crippen molar-refractivity contribution in [1.29, 1.82) is 0 Å². The maximum atomic E-state index is 13.1. The predicted octanol–water partition coefficient (Wildman–Crippen LogP) is 3.52. The molecule has 0 fully saturated rings. The Bertz CT molecular complexity index is 834. The normalized spacial score (nSPS) is 10.7. The number of halogens is 1. The van der Waals surface area contributed by atoms with Gasteiger partial charge in [0.2, 0.25) is 5.13 Å². The van der Waals surface area contributed by atoms with Gasteiger partial charge in [-0.1, -0.05) is 40.4 Å². The van der Waals surface area contributed by atoms with Gasteiger partial charge in [0.05, 0.1) is 0 Å². The minimum atomic E-state index is -0.403. The van der Waals surface area contributed by atoms with Crippen LogP contribution in [0.25, 0.3) is 0 Å². The number of rotatable bonds is 5. The zero-order valence-corrected chi connectivity index (χ0v) is 13.6. The second-order valence-electron chi connectivity index (χ2n) is 4.57. The molecule has 0 atom stereocenters. The van der Waals surface area contributed by atoms with Crippen LogP contribution in [0.3, 0.4) is 0 Å². The van der Waals surface area contributed by atoms with E-state index < -0.39 is 5.91 Å². The number of aryl methyl sites for hydroxylation is 1. The van der Waals surface area contributed by atoms with Crippen LogP contribution in [0, 0.1) is 12.7 Å². The summed E-state index contributed by atoms with van der Waals surface area (Å²) in [6.45, 7) is 1.70. The van der Waals surface area contributed by atoms with E-state index >= 15 is 0 Å². The Morgan fingerprint density at radius 2 is 2.26 bits per heavy atom. The molecule has 9 heteroatoms. The van der Waals surface area contributed by atoms with Crippen molar-refractivity contribution in [3.05, 3.63) is 53.2 Å². The largest absolute Gasteiger partial charge is 0.361 e. The van der Waals surface area contributed by atoms with Gasteiger partial charge in [-0.3, -0.25) is 10.1 Å². The minimum absolute atomic E-state index is 0.187. The first kappa shape index (κ1) is 15.6. The maximum Gasteiger partial charge on any atom is 0.279 e. The molecule has 2 heterocycles. The van der Waals surface area contributed by atoms with E-state index in [1.807, 2.05) is 6.07 Å². The maximum absolute atomic E-state index is 13.1. The van der Waals surface area contributed by atoms with E-state index in [1.54, 1.807) is 13.0 Å². The molecule has 0 saturated heterocycles. The van der Waals surface area contributed by atoms with Crippen LogP contribution in [0.15, 0.2) is 39.2 Å². The van der Waals surface area contributed by atoms with Crippen molar-refractivity contribution in [3.8, 4) is 0 Å². The number of nitrogens with one attached hydrogen (secondary N) is 1. The van der Waals surface area contributed by atoms with E-state index in [4.69, 9.17) is 4.52 Å². The van der Waals surface area contributed by atoms with Crippen LogP contribution in [0.4, 0.5) is 9.52 Å². The minimum Gasteiger partial charge on any atom is -0.361 e. The highest BCUT2D eigenvalue weighted by molar-refractivity contribution is 8.00. The first-order valence-electron chi connectivity index (χ1n) is 6.55. The summed E-state index contributed by atoms with van der Waals surface area (Å²) >= 11 is 2.67. The molecule has 1 amide bonds. The zero-order valence-electron chi connectivity index (χ0n) is 11.9. The average molecular weight is 350 g/mol. The lowest BCUT2D eigenvalue weighted by atomic mass is 10.2. The van der Waals surface area contributed by atoms with Gasteiger partial charge < -0.3 is 4.52 Å². The molecular weight excluding hydrogens is 339 g/mol. The van der Waals surface area contributed by atoms with Gasteiger partial charge in [-0.05, 0) is 24.6 Å². The molecule has 1 aromatic carbocycles. The number of aromatic nitrogens is 3. The van der Waals surface area contributed by atoms with Crippen molar-refractivity contribution in [2.24, 2.45) is 0 Å². The number of anilines is 1. The van der Waals surface area contributed by atoms with E-state index in [9.17, 15) is 9.18 Å². The van der Waals surface area contributed by atoms with Gasteiger partial charge >= 0.3 is 0 Å². The third-order valence-electron chi connectivity index (χ3n) is 2.74. The Morgan fingerprint density at radius 1 is 1.39 bits per heavy atom. The molecule has 0 aliphatic heterocycles. The number of nitrogens with zero attached hydrogens (tertiary/aromatic N) is 3. The first-order valence-corrected chi connectivity index (χ1v) is 8.36. The fourth-order valence-corrected chi connectivity index (χ4v) is 3.41. The zero-order chi connectivity index (χ0) is 16.2. The van der Waals surface area contributed by atoms with Crippen LogP contribution in [0.2, 0.25) is 0 Å². The van der Waals surface area contributed by atoms with Gasteiger partial charge in [0.15, 0.2) is 10.0 Å². The highest BCUT2D eigenvalue weighted by Gasteiger charge is 2.14. The van der Waals surface area contributed by atoms with E-state index in [0.717, 1.165) is 5.56 Å². The summed E-state index contributed by atoms with van der Waals surface area (Å²) in [6.07, 6.45) is 0. The summed E-state index contributed by atoms with van der Waals surface area (Å²) in [5.41, 5.74) is 1.04. The van der Waals surface area contributed by atoms with Crippen LogP contribution in [-0.2, 0) is 5.75 Å². The second kappa shape index (κ2) is 6.88. The van der Waals surface area contributed by atoms with Crippen LogP contribution in [0.1, 0.15) is 21.8 Å². The fourth-order valence-electron chi connectivity index (χ4n) is 1.72. The van der Waals surface area contributed by atoms with Crippen molar-refractivity contribution < 1.29 is 13.7 Å². The van der Waals surface area contributed by atoms with Crippen LogP contribution >= 0.6 is 23.1 Å². The molecular formula is C14H11FN4O2S2. The molecule has 3 aromatic rings. The standard InChI is InChI=1S/C14H11FN4O2S2/c1-8-5-11(19-21-8)12(20)16-13-17-18-14(23-13)22-7-9-3-2-4-10(15)6-9/h2-6H,7H2,1H3,(H,16,17,20). The molecule has 6 nitrogen and oxygen atoms in total. The fraction of sp³-hybridized carbons (Fsp3) is 0.143. The van der Waals surface area contributed by atoms with Gasteiger partial charge in [-0.2, -0.15) is 0 Å². The van der Waals surface area contributed by atoms with Gasteiger partial charge in [0, 0.05) is 11.8 Å². The molecule has 0 spiro atoms. The first-order chi connectivity index (χ1) is 11.1. The summed E-state index contributed by atoms with van der Waals surface area (Å²) in [5.74, 6) is 0.456. The number of carbonyl (C=O) groups is 1. The summed E-state index contributed by atoms with van der Waals surface area (Å²) < 4.78 is 18.6. The Labute approximate surface area is 139 Å². The molecule has 0 radical (unpaired) electrons. The Hall–Kier alpha value is -2.26. The third-order valence-corrected chi connectivity index (χ3v) is 4.78. The number of benzene rings is 1. The number of amides is 1. The Balaban J connectivity index is 1.58. The molecule has 118 valence electrons. The summed E-state index contributed by atoms with van der Waals surface area (Å²) in [7, 11) is 0. The molecule has 0 saturated carbocycles. The molecule has 23 heavy (non-hydrogen) atoms. The lowest BCUT2D eigenvalue weighted by molar-refractivity contribution is 0.101. The van der Waals surface area contributed by atoms with Gasteiger partial charge in [0.1, 0.15) is 11.6 Å². The topological polar surface area (TPSA) is 80.9 Å².